The molecule has 1 atom stereocenters. The molecular formula is C14H15F2NO3. The maximum absolute atomic E-state index is 13.4. The molecule has 1 fully saturated rings. The highest BCUT2D eigenvalue weighted by Gasteiger charge is 2.45. The molecule has 0 N–H and O–H groups in total. The van der Waals surface area contributed by atoms with Crippen LogP contribution in [0.4, 0.5) is 8.78 Å². The van der Waals surface area contributed by atoms with Gasteiger partial charge in [0.1, 0.15) is 6.61 Å². The lowest BCUT2D eigenvalue weighted by molar-refractivity contribution is -0.178. The first kappa shape index (κ1) is 14.6. The molecule has 0 saturated carbocycles. The van der Waals surface area contributed by atoms with Crippen molar-refractivity contribution in [2.45, 2.75) is 32.4 Å². The molecular weight excluding hydrogens is 268 g/mol. The molecule has 0 bridgehead atoms. The van der Waals surface area contributed by atoms with Crippen LogP contribution in [0.5, 0.6) is 0 Å². The summed E-state index contributed by atoms with van der Waals surface area (Å²) in [5.74, 6) is -2.96. The van der Waals surface area contributed by atoms with Crippen molar-refractivity contribution >= 4 is 11.8 Å². The van der Waals surface area contributed by atoms with Crippen LogP contribution in [0.25, 0.3) is 0 Å². The van der Waals surface area contributed by atoms with Crippen molar-refractivity contribution in [3.05, 3.63) is 35.4 Å². The molecule has 1 aliphatic rings. The number of morpholine rings is 1. The van der Waals surface area contributed by atoms with Crippen molar-refractivity contribution in [2.75, 3.05) is 6.61 Å². The minimum Gasteiger partial charge on any atom is -0.363 e. The standard InChI is InChI=1S/C14H15F2NO3/c1-8(18)17-12(19)7-20-14(2,3)13(17)9-4-5-10(15)11(16)6-9/h4-6,13H,7H2,1-3H3. The highest BCUT2D eigenvalue weighted by molar-refractivity contribution is 5.96. The molecule has 4 nitrogen and oxygen atoms in total. The quantitative estimate of drug-likeness (QED) is 0.793. The Bertz CT molecular complexity index is 572. The molecule has 0 spiro atoms. The number of halogens is 2. The predicted molar refractivity (Wildman–Crippen MR) is 66.7 cm³/mol. The molecule has 1 unspecified atom stereocenters. The van der Waals surface area contributed by atoms with Gasteiger partial charge in [-0.05, 0) is 31.5 Å². The normalized spacial score (nSPS) is 21.9. The maximum Gasteiger partial charge on any atom is 0.255 e. The summed E-state index contributed by atoms with van der Waals surface area (Å²) in [6.45, 7) is 4.43. The fourth-order valence-electron chi connectivity index (χ4n) is 2.44. The van der Waals surface area contributed by atoms with Gasteiger partial charge in [0.05, 0.1) is 11.6 Å². The van der Waals surface area contributed by atoms with E-state index in [1.807, 2.05) is 0 Å². The monoisotopic (exact) mass is 283 g/mol. The Labute approximate surface area is 115 Å². The summed E-state index contributed by atoms with van der Waals surface area (Å²) in [6, 6.07) is 2.51. The lowest BCUT2D eigenvalue weighted by Gasteiger charge is -2.44. The number of hydrogen-bond acceptors (Lipinski definition) is 3. The van der Waals surface area contributed by atoms with Gasteiger partial charge >= 0.3 is 0 Å². The van der Waals surface area contributed by atoms with Crippen LogP contribution >= 0.6 is 0 Å². The van der Waals surface area contributed by atoms with Gasteiger partial charge in [-0.2, -0.15) is 0 Å². The summed E-state index contributed by atoms with van der Waals surface area (Å²) in [6.07, 6.45) is 0. The van der Waals surface area contributed by atoms with E-state index < -0.39 is 35.1 Å². The molecule has 108 valence electrons. The number of carbonyl (C=O) groups is 2. The van der Waals surface area contributed by atoms with Crippen LogP contribution < -0.4 is 0 Å². The minimum atomic E-state index is -1.03. The first-order valence-corrected chi connectivity index (χ1v) is 6.15. The first-order valence-electron chi connectivity index (χ1n) is 6.15. The van der Waals surface area contributed by atoms with Crippen LogP contribution in [0, 0.1) is 11.6 Å². The maximum atomic E-state index is 13.4. The Morgan fingerprint density at radius 1 is 1.35 bits per heavy atom. The number of amides is 2. The van der Waals surface area contributed by atoms with Crippen LogP contribution in [0.3, 0.4) is 0 Å². The first-order chi connectivity index (χ1) is 9.24. The van der Waals surface area contributed by atoms with E-state index in [2.05, 4.69) is 0 Å². The average Bonchev–Trinajstić information content (AvgIpc) is 2.35. The Balaban J connectivity index is 2.53. The largest absolute Gasteiger partial charge is 0.363 e. The highest BCUT2D eigenvalue weighted by Crippen LogP contribution is 2.38. The van der Waals surface area contributed by atoms with Crippen LogP contribution in [0.15, 0.2) is 18.2 Å². The van der Waals surface area contributed by atoms with Crippen LogP contribution in [-0.4, -0.2) is 28.9 Å². The fourth-order valence-corrected chi connectivity index (χ4v) is 2.44. The SMILES string of the molecule is CC(=O)N1C(=O)COC(C)(C)C1c1ccc(F)c(F)c1. The zero-order valence-corrected chi connectivity index (χ0v) is 11.4. The van der Waals surface area contributed by atoms with Gasteiger partial charge in [-0.25, -0.2) is 8.78 Å². The summed E-state index contributed by atoms with van der Waals surface area (Å²) >= 11 is 0. The molecule has 1 aliphatic heterocycles. The van der Waals surface area contributed by atoms with E-state index >= 15 is 0 Å². The van der Waals surface area contributed by atoms with Crippen molar-refractivity contribution < 1.29 is 23.1 Å². The molecule has 0 aromatic heterocycles. The summed E-state index contributed by atoms with van der Waals surface area (Å²) in [7, 11) is 0. The Morgan fingerprint density at radius 3 is 2.55 bits per heavy atom. The third-order valence-electron chi connectivity index (χ3n) is 3.35. The Hall–Kier alpha value is -1.82. The van der Waals surface area contributed by atoms with E-state index in [-0.39, 0.29) is 6.61 Å². The Kier molecular flexibility index (Phi) is 3.60. The van der Waals surface area contributed by atoms with Crippen molar-refractivity contribution in [3.63, 3.8) is 0 Å². The molecule has 2 amide bonds. The highest BCUT2D eigenvalue weighted by atomic mass is 19.2. The number of nitrogens with zero attached hydrogens (tertiary/aromatic N) is 1. The molecule has 2 rings (SSSR count). The zero-order valence-electron chi connectivity index (χ0n) is 11.4. The van der Waals surface area contributed by atoms with E-state index in [4.69, 9.17) is 4.74 Å². The van der Waals surface area contributed by atoms with Gasteiger partial charge in [0, 0.05) is 6.92 Å². The summed E-state index contributed by atoms with van der Waals surface area (Å²) < 4.78 is 31.9. The van der Waals surface area contributed by atoms with E-state index in [0.29, 0.717) is 5.56 Å². The molecule has 1 aromatic rings. The van der Waals surface area contributed by atoms with Gasteiger partial charge in [-0.1, -0.05) is 6.07 Å². The number of benzene rings is 1. The van der Waals surface area contributed by atoms with Crippen molar-refractivity contribution in [1.82, 2.24) is 4.90 Å². The number of hydrogen-bond donors (Lipinski definition) is 0. The fraction of sp³-hybridized carbons (Fsp3) is 0.429. The van der Waals surface area contributed by atoms with Gasteiger partial charge in [0.25, 0.3) is 5.91 Å². The topological polar surface area (TPSA) is 46.6 Å². The van der Waals surface area contributed by atoms with Crippen LogP contribution in [0.2, 0.25) is 0 Å². The summed E-state index contributed by atoms with van der Waals surface area (Å²) in [5, 5.41) is 0. The average molecular weight is 283 g/mol. The minimum absolute atomic E-state index is 0.216. The van der Waals surface area contributed by atoms with Crippen LogP contribution in [0.1, 0.15) is 32.4 Å². The third-order valence-corrected chi connectivity index (χ3v) is 3.35. The number of rotatable bonds is 1. The van der Waals surface area contributed by atoms with Gasteiger partial charge in [-0.3, -0.25) is 14.5 Å². The molecule has 1 heterocycles. The van der Waals surface area contributed by atoms with Crippen molar-refractivity contribution in [1.29, 1.82) is 0 Å². The molecule has 0 radical (unpaired) electrons. The molecule has 0 aliphatic carbocycles. The summed E-state index contributed by atoms with van der Waals surface area (Å²) in [5.41, 5.74) is -0.568. The zero-order chi connectivity index (χ0) is 15.1. The third kappa shape index (κ3) is 2.43. The molecule has 20 heavy (non-hydrogen) atoms. The summed E-state index contributed by atoms with van der Waals surface area (Å²) in [4.78, 5) is 24.6. The van der Waals surface area contributed by atoms with Gasteiger partial charge in [-0.15, -0.1) is 0 Å². The van der Waals surface area contributed by atoms with E-state index in [1.54, 1.807) is 13.8 Å². The van der Waals surface area contributed by atoms with Crippen molar-refractivity contribution in [2.24, 2.45) is 0 Å². The lowest BCUT2D eigenvalue weighted by Crippen LogP contribution is -2.55. The number of imide groups is 1. The van der Waals surface area contributed by atoms with Crippen LogP contribution in [-0.2, 0) is 14.3 Å². The van der Waals surface area contributed by atoms with E-state index in [9.17, 15) is 18.4 Å². The number of carbonyl (C=O) groups excluding carboxylic acids is 2. The second-order valence-corrected chi connectivity index (χ2v) is 5.25. The molecule has 1 saturated heterocycles. The van der Waals surface area contributed by atoms with E-state index in [0.717, 1.165) is 17.0 Å². The number of ether oxygens (including phenoxy) is 1. The van der Waals surface area contributed by atoms with Gasteiger partial charge in [0.15, 0.2) is 11.6 Å². The van der Waals surface area contributed by atoms with Gasteiger partial charge < -0.3 is 4.74 Å². The molecule has 6 heteroatoms. The van der Waals surface area contributed by atoms with Gasteiger partial charge in [0.2, 0.25) is 5.91 Å². The second kappa shape index (κ2) is 4.94. The van der Waals surface area contributed by atoms with E-state index in [1.165, 1.54) is 13.0 Å². The Morgan fingerprint density at radius 2 is 2.00 bits per heavy atom. The smallest absolute Gasteiger partial charge is 0.255 e. The second-order valence-electron chi connectivity index (χ2n) is 5.25. The lowest BCUT2D eigenvalue weighted by atomic mass is 9.88. The predicted octanol–water partition coefficient (Wildman–Crippen LogP) is 2.19. The van der Waals surface area contributed by atoms with Crippen molar-refractivity contribution in [3.8, 4) is 0 Å². The molecule has 1 aromatic carbocycles.